The maximum Gasteiger partial charge on any atom is 0.252 e. The van der Waals surface area contributed by atoms with E-state index in [0.29, 0.717) is 5.56 Å². The summed E-state index contributed by atoms with van der Waals surface area (Å²) >= 11 is 8.14. The summed E-state index contributed by atoms with van der Waals surface area (Å²) in [7, 11) is 0. The maximum absolute atomic E-state index is 11.8. The van der Waals surface area contributed by atoms with Crippen molar-refractivity contribution in [3.63, 3.8) is 0 Å². The number of nitrogens with one attached hydrogen (secondary N) is 1. The van der Waals surface area contributed by atoms with Crippen LogP contribution in [-0.2, 0) is 0 Å². The quantitative estimate of drug-likeness (QED) is 0.841. The molecule has 86 valence electrons. The fourth-order valence-corrected chi connectivity index (χ4v) is 1.88. The van der Waals surface area contributed by atoms with Crippen LogP contribution in [0.4, 0.5) is 0 Å². The Morgan fingerprint density at radius 1 is 1.56 bits per heavy atom. The molecule has 0 aliphatic heterocycles. The molecular formula is C11H13BrN2OS. The Balaban J connectivity index is 2.85. The third-order valence-corrected chi connectivity index (χ3v) is 3.15. The number of benzene rings is 1. The lowest BCUT2D eigenvalue weighted by Crippen LogP contribution is -2.41. The van der Waals surface area contributed by atoms with E-state index in [-0.39, 0.29) is 16.9 Å². The van der Waals surface area contributed by atoms with Gasteiger partial charge in [0.25, 0.3) is 5.91 Å². The fraction of sp³-hybridized carbons (Fsp3) is 0.273. The Kier molecular flexibility index (Phi) is 4.44. The minimum atomic E-state index is -0.310. The van der Waals surface area contributed by atoms with Gasteiger partial charge in [0, 0.05) is 4.47 Å². The van der Waals surface area contributed by atoms with Crippen LogP contribution in [0.5, 0.6) is 0 Å². The minimum absolute atomic E-state index is 0.188. The summed E-state index contributed by atoms with van der Waals surface area (Å²) in [5.41, 5.74) is 7.10. The second kappa shape index (κ2) is 5.41. The Labute approximate surface area is 109 Å². The zero-order valence-corrected chi connectivity index (χ0v) is 11.5. The van der Waals surface area contributed by atoms with Gasteiger partial charge >= 0.3 is 0 Å². The Bertz CT molecular complexity index is 434. The smallest absolute Gasteiger partial charge is 0.252 e. The number of hydrogen-bond donors (Lipinski definition) is 2. The summed E-state index contributed by atoms with van der Waals surface area (Å²) in [4.78, 5) is 12.1. The lowest BCUT2D eigenvalue weighted by molar-refractivity contribution is 0.0948. The molecular weight excluding hydrogens is 288 g/mol. The highest BCUT2D eigenvalue weighted by atomic mass is 79.9. The second-order valence-electron chi connectivity index (χ2n) is 3.58. The summed E-state index contributed by atoms with van der Waals surface area (Å²) in [5, 5.41) is 2.72. The van der Waals surface area contributed by atoms with Gasteiger partial charge in [0.05, 0.1) is 16.6 Å². The average Bonchev–Trinajstić information content (AvgIpc) is 2.16. The molecule has 1 aromatic rings. The van der Waals surface area contributed by atoms with Crippen LogP contribution in [0.1, 0.15) is 22.8 Å². The van der Waals surface area contributed by atoms with Crippen molar-refractivity contribution in [3.8, 4) is 0 Å². The van der Waals surface area contributed by atoms with Crippen LogP contribution >= 0.6 is 28.1 Å². The van der Waals surface area contributed by atoms with Crippen molar-refractivity contribution in [1.82, 2.24) is 5.32 Å². The number of halogens is 1. The molecule has 0 radical (unpaired) electrons. The molecule has 1 rings (SSSR count). The molecule has 1 amide bonds. The van der Waals surface area contributed by atoms with Crippen molar-refractivity contribution in [2.45, 2.75) is 19.9 Å². The molecule has 1 unspecified atom stereocenters. The van der Waals surface area contributed by atoms with E-state index in [1.54, 1.807) is 13.0 Å². The zero-order valence-electron chi connectivity index (χ0n) is 9.08. The van der Waals surface area contributed by atoms with Crippen LogP contribution < -0.4 is 11.1 Å². The predicted molar refractivity (Wildman–Crippen MR) is 72.6 cm³/mol. The number of nitrogens with two attached hydrogens (primary N) is 1. The first-order valence-corrected chi connectivity index (χ1v) is 5.98. The van der Waals surface area contributed by atoms with Gasteiger partial charge in [0.15, 0.2) is 0 Å². The summed E-state index contributed by atoms with van der Waals surface area (Å²) in [6, 6.07) is 5.22. The van der Waals surface area contributed by atoms with Crippen molar-refractivity contribution in [1.29, 1.82) is 0 Å². The van der Waals surface area contributed by atoms with Gasteiger partial charge in [-0.1, -0.05) is 18.3 Å². The SMILES string of the molecule is Cc1ccc(C(=O)NC(C)C(N)=S)c(Br)c1. The van der Waals surface area contributed by atoms with E-state index in [1.165, 1.54) is 0 Å². The van der Waals surface area contributed by atoms with Crippen LogP contribution in [0.25, 0.3) is 0 Å². The first-order chi connectivity index (χ1) is 7.41. The van der Waals surface area contributed by atoms with Crippen molar-refractivity contribution in [3.05, 3.63) is 33.8 Å². The predicted octanol–water partition coefficient (Wildman–Crippen LogP) is 2.16. The molecule has 0 bridgehead atoms. The topological polar surface area (TPSA) is 55.1 Å². The van der Waals surface area contributed by atoms with E-state index in [4.69, 9.17) is 18.0 Å². The third-order valence-electron chi connectivity index (χ3n) is 2.14. The summed E-state index contributed by atoms with van der Waals surface area (Å²) < 4.78 is 0.764. The molecule has 5 heteroatoms. The molecule has 0 saturated heterocycles. The molecule has 0 fully saturated rings. The highest BCUT2D eigenvalue weighted by molar-refractivity contribution is 9.10. The largest absolute Gasteiger partial charge is 0.392 e. The van der Waals surface area contributed by atoms with E-state index in [9.17, 15) is 4.79 Å². The molecule has 0 aromatic heterocycles. The summed E-state index contributed by atoms with van der Waals surface area (Å²) in [5.74, 6) is -0.188. The number of thiocarbonyl (C=S) groups is 1. The van der Waals surface area contributed by atoms with Gasteiger partial charge in [0.2, 0.25) is 0 Å². The standard InChI is InChI=1S/C11H13BrN2OS/c1-6-3-4-8(9(12)5-6)11(15)14-7(2)10(13)16/h3-5,7H,1-2H3,(H2,13,16)(H,14,15). The molecule has 0 aliphatic carbocycles. The van der Waals surface area contributed by atoms with Crippen molar-refractivity contribution in [2.24, 2.45) is 5.73 Å². The van der Waals surface area contributed by atoms with Crippen molar-refractivity contribution >= 4 is 39.0 Å². The summed E-state index contributed by atoms with van der Waals surface area (Å²) in [6.45, 7) is 3.71. The van der Waals surface area contributed by atoms with Gasteiger partial charge in [-0.3, -0.25) is 4.79 Å². The third kappa shape index (κ3) is 3.28. The molecule has 0 saturated carbocycles. The number of carbonyl (C=O) groups excluding carboxylic acids is 1. The highest BCUT2D eigenvalue weighted by Gasteiger charge is 2.13. The second-order valence-corrected chi connectivity index (χ2v) is 4.91. The molecule has 3 nitrogen and oxygen atoms in total. The molecule has 0 aliphatic rings. The van der Waals surface area contributed by atoms with Crippen LogP contribution in [0, 0.1) is 6.92 Å². The van der Waals surface area contributed by atoms with Gasteiger partial charge in [0.1, 0.15) is 0 Å². The van der Waals surface area contributed by atoms with Gasteiger partial charge in [-0.25, -0.2) is 0 Å². The highest BCUT2D eigenvalue weighted by Crippen LogP contribution is 2.18. The number of amides is 1. The monoisotopic (exact) mass is 300 g/mol. The molecule has 0 heterocycles. The first-order valence-electron chi connectivity index (χ1n) is 4.78. The van der Waals surface area contributed by atoms with Crippen LogP contribution in [0.15, 0.2) is 22.7 Å². The molecule has 0 spiro atoms. The Hall–Kier alpha value is -0.940. The van der Waals surface area contributed by atoms with E-state index < -0.39 is 0 Å². The average molecular weight is 301 g/mol. The number of hydrogen-bond acceptors (Lipinski definition) is 2. The van der Waals surface area contributed by atoms with Crippen LogP contribution in [0.3, 0.4) is 0 Å². The van der Waals surface area contributed by atoms with Gasteiger partial charge in [-0.2, -0.15) is 0 Å². The Morgan fingerprint density at radius 2 is 2.19 bits per heavy atom. The summed E-state index contributed by atoms with van der Waals surface area (Å²) in [6.07, 6.45) is 0. The van der Waals surface area contributed by atoms with Crippen molar-refractivity contribution < 1.29 is 4.79 Å². The molecule has 1 atom stereocenters. The lowest BCUT2D eigenvalue weighted by Gasteiger charge is -2.13. The lowest BCUT2D eigenvalue weighted by atomic mass is 10.1. The molecule has 16 heavy (non-hydrogen) atoms. The fourth-order valence-electron chi connectivity index (χ4n) is 1.15. The molecule has 1 aromatic carbocycles. The normalized spacial score (nSPS) is 11.9. The maximum atomic E-state index is 11.8. The van der Waals surface area contributed by atoms with Crippen LogP contribution in [-0.4, -0.2) is 16.9 Å². The first kappa shape index (κ1) is 13.1. The van der Waals surface area contributed by atoms with Gasteiger partial charge < -0.3 is 11.1 Å². The van der Waals surface area contributed by atoms with Crippen LogP contribution in [0.2, 0.25) is 0 Å². The van der Waals surface area contributed by atoms with Gasteiger partial charge in [-0.15, -0.1) is 0 Å². The number of rotatable bonds is 3. The zero-order chi connectivity index (χ0) is 12.3. The van der Waals surface area contributed by atoms with Gasteiger partial charge in [-0.05, 0) is 47.5 Å². The number of aryl methyl sites for hydroxylation is 1. The molecule has 3 N–H and O–H groups in total. The number of carbonyl (C=O) groups is 1. The van der Waals surface area contributed by atoms with E-state index in [0.717, 1.165) is 10.0 Å². The van der Waals surface area contributed by atoms with E-state index in [2.05, 4.69) is 21.2 Å². The van der Waals surface area contributed by atoms with E-state index >= 15 is 0 Å². The van der Waals surface area contributed by atoms with E-state index in [1.807, 2.05) is 19.1 Å². The minimum Gasteiger partial charge on any atom is -0.392 e. The Morgan fingerprint density at radius 3 is 2.69 bits per heavy atom. The van der Waals surface area contributed by atoms with Crippen molar-refractivity contribution in [2.75, 3.05) is 0 Å².